The Morgan fingerprint density at radius 1 is 1.08 bits per heavy atom. The van der Waals surface area contributed by atoms with E-state index in [0.29, 0.717) is 17.4 Å². The fourth-order valence-corrected chi connectivity index (χ4v) is 2.62. The average Bonchev–Trinajstić information content (AvgIpc) is 2.58. The third-order valence-electron chi connectivity index (χ3n) is 3.78. The number of methoxy groups -OCH3 is 1. The van der Waals surface area contributed by atoms with E-state index < -0.39 is 0 Å². The van der Waals surface area contributed by atoms with Gasteiger partial charge in [0.25, 0.3) is 0 Å². The minimum absolute atomic E-state index is 0.491. The number of halogens is 1. The third kappa shape index (κ3) is 5.71. The van der Waals surface area contributed by atoms with Crippen molar-refractivity contribution in [3.05, 3.63) is 58.6 Å². The summed E-state index contributed by atoms with van der Waals surface area (Å²) in [4.78, 5) is 1.44. The van der Waals surface area contributed by atoms with E-state index in [2.05, 4.69) is 19.4 Å². The molecule has 0 heterocycles. The molecule has 2 aromatic rings. The van der Waals surface area contributed by atoms with Crippen molar-refractivity contribution in [1.82, 2.24) is 0 Å². The summed E-state index contributed by atoms with van der Waals surface area (Å²) in [6, 6.07) is 13.9. The molecule has 0 atom stereocenters. The average molecular weight is 351 g/mol. The molecule has 0 aromatic heterocycles. The Morgan fingerprint density at radius 2 is 1.83 bits per heavy atom. The van der Waals surface area contributed by atoms with Gasteiger partial charge in [-0.2, -0.15) is 0 Å². The van der Waals surface area contributed by atoms with Crippen molar-refractivity contribution in [3.63, 3.8) is 0 Å². The molecule has 0 spiro atoms. The highest BCUT2D eigenvalue weighted by atomic mass is 35.5. The summed E-state index contributed by atoms with van der Waals surface area (Å²) in [6.45, 7) is 3.51. The molecule has 2 rings (SSSR count). The van der Waals surface area contributed by atoms with Gasteiger partial charge in [0.15, 0.2) is 11.5 Å². The second-order valence-corrected chi connectivity index (χ2v) is 6.51. The number of nitrogens with one attached hydrogen (secondary N) is 1. The van der Waals surface area contributed by atoms with Gasteiger partial charge in [0.2, 0.25) is 0 Å². The number of ether oxygens (including phenoxy) is 2. The lowest BCUT2D eigenvalue weighted by atomic mass is 10.2. The zero-order valence-electron chi connectivity index (χ0n) is 14.6. The first-order valence-corrected chi connectivity index (χ1v) is 8.61. The number of nitrogens with two attached hydrogens (primary N) is 1. The summed E-state index contributed by atoms with van der Waals surface area (Å²) >= 11 is 6.42. The van der Waals surface area contributed by atoms with Crippen molar-refractivity contribution >= 4 is 11.6 Å². The van der Waals surface area contributed by atoms with Crippen molar-refractivity contribution in [2.45, 2.75) is 13.2 Å². The highest BCUT2D eigenvalue weighted by molar-refractivity contribution is 6.31. The van der Waals surface area contributed by atoms with Crippen LogP contribution >= 0.6 is 11.6 Å². The maximum atomic E-state index is 6.42. The van der Waals surface area contributed by atoms with Crippen LogP contribution in [0.4, 0.5) is 0 Å². The standard InChI is InChI=1S/C19H25ClN2O2/c1-22(2)10-9-21-13-16-11-18(23-3)19(12-17(16)20)24-14-15-7-5-4-6-8-15/h4-8,11-12,21H,9-10,13-14H2,1-3H3/p+2. The highest BCUT2D eigenvalue weighted by Gasteiger charge is 2.12. The van der Waals surface area contributed by atoms with Gasteiger partial charge in [-0.1, -0.05) is 41.9 Å². The Kier molecular flexibility index (Phi) is 7.37. The van der Waals surface area contributed by atoms with Gasteiger partial charge in [-0.05, 0) is 11.6 Å². The lowest BCUT2D eigenvalue weighted by molar-refractivity contribution is -0.875. The molecular weight excluding hydrogens is 324 g/mol. The van der Waals surface area contributed by atoms with Crippen LogP contribution in [0.1, 0.15) is 11.1 Å². The summed E-state index contributed by atoms with van der Waals surface area (Å²) in [5.74, 6) is 1.39. The normalized spacial score (nSPS) is 10.9. The summed E-state index contributed by atoms with van der Waals surface area (Å²) in [5.41, 5.74) is 2.17. The molecule has 0 fully saturated rings. The van der Waals surface area contributed by atoms with E-state index in [4.69, 9.17) is 21.1 Å². The largest absolute Gasteiger partial charge is 0.493 e. The molecule has 0 bridgehead atoms. The Hall–Kier alpha value is -1.75. The molecule has 3 N–H and O–H groups in total. The van der Waals surface area contributed by atoms with Gasteiger partial charge in [-0.25, -0.2) is 0 Å². The molecule has 0 aliphatic rings. The van der Waals surface area contributed by atoms with Crippen LogP contribution in [0, 0.1) is 0 Å². The second kappa shape index (κ2) is 9.52. The van der Waals surface area contributed by atoms with Crippen molar-refractivity contribution in [3.8, 4) is 11.5 Å². The SMILES string of the molecule is COc1cc(C[NH2+]CC[NH+](C)C)c(Cl)cc1OCc1ccccc1. The van der Waals surface area contributed by atoms with Gasteiger partial charge >= 0.3 is 0 Å². The van der Waals surface area contributed by atoms with E-state index in [-0.39, 0.29) is 0 Å². The molecule has 4 nitrogen and oxygen atoms in total. The Bertz CT molecular complexity index is 633. The van der Waals surface area contributed by atoms with E-state index in [1.165, 1.54) is 4.90 Å². The summed E-state index contributed by atoms with van der Waals surface area (Å²) in [6.07, 6.45) is 0. The molecule has 0 saturated heterocycles. The van der Waals surface area contributed by atoms with Gasteiger partial charge in [-0.3, -0.25) is 0 Å². The molecular formula is C19H27ClN2O2+2. The fraction of sp³-hybridized carbons (Fsp3) is 0.368. The number of benzene rings is 2. The molecule has 130 valence electrons. The first kappa shape index (κ1) is 18.6. The van der Waals surface area contributed by atoms with Crippen LogP contribution in [0.3, 0.4) is 0 Å². The summed E-state index contributed by atoms with van der Waals surface area (Å²) in [7, 11) is 5.97. The van der Waals surface area contributed by atoms with E-state index in [0.717, 1.165) is 36.5 Å². The van der Waals surface area contributed by atoms with Gasteiger partial charge in [-0.15, -0.1) is 0 Å². The number of rotatable bonds is 9. The van der Waals surface area contributed by atoms with Crippen molar-refractivity contribution in [2.24, 2.45) is 0 Å². The van der Waals surface area contributed by atoms with E-state index in [1.54, 1.807) is 7.11 Å². The summed E-state index contributed by atoms with van der Waals surface area (Å²) < 4.78 is 11.4. The van der Waals surface area contributed by atoms with Crippen LogP contribution in [-0.4, -0.2) is 34.3 Å². The first-order chi connectivity index (χ1) is 11.6. The van der Waals surface area contributed by atoms with Crippen molar-refractivity contribution < 1.29 is 19.7 Å². The zero-order valence-corrected chi connectivity index (χ0v) is 15.4. The van der Waals surface area contributed by atoms with Crippen LogP contribution in [0.15, 0.2) is 42.5 Å². The van der Waals surface area contributed by atoms with E-state index in [1.807, 2.05) is 42.5 Å². The lowest BCUT2D eigenvalue weighted by Crippen LogP contribution is -3.09. The predicted molar refractivity (Wildman–Crippen MR) is 97.0 cm³/mol. The third-order valence-corrected chi connectivity index (χ3v) is 4.13. The number of hydrogen-bond acceptors (Lipinski definition) is 2. The Balaban J connectivity index is 2.00. The fourth-order valence-electron chi connectivity index (χ4n) is 2.39. The Labute approximate surface area is 149 Å². The molecule has 0 aliphatic carbocycles. The van der Waals surface area contributed by atoms with Crippen LogP contribution in [0.5, 0.6) is 11.5 Å². The maximum Gasteiger partial charge on any atom is 0.163 e. The van der Waals surface area contributed by atoms with Crippen molar-refractivity contribution in [1.29, 1.82) is 0 Å². The molecule has 24 heavy (non-hydrogen) atoms. The van der Waals surface area contributed by atoms with Gasteiger partial charge in [0, 0.05) is 11.6 Å². The molecule has 0 saturated carbocycles. The van der Waals surface area contributed by atoms with E-state index in [9.17, 15) is 0 Å². The number of hydrogen-bond donors (Lipinski definition) is 2. The topological polar surface area (TPSA) is 39.5 Å². The van der Waals surface area contributed by atoms with Gasteiger partial charge in [0.05, 0.1) is 26.2 Å². The molecule has 0 unspecified atom stereocenters. The second-order valence-electron chi connectivity index (χ2n) is 6.11. The number of likely N-dealkylation sites (N-methyl/N-ethyl adjacent to an activating group) is 1. The quantitative estimate of drug-likeness (QED) is 0.666. The van der Waals surface area contributed by atoms with Crippen LogP contribution < -0.4 is 19.7 Å². The van der Waals surface area contributed by atoms with Crippen molar-refractivity contribution in [2.75, 3.05) is 34.3 Å². The zero-order chi connectivity index (χ0) is 17.4. The maximum absolute atomic E-state index is 6.42. The highest BCUT2D eigenvalue weighted by Crippen LogP contribution is 2.33. The van der Waals surface area contributed by atoms with Crippen LogP contribution in [-0.2, 0) is 13.2 Å². The molecule has 0 radical (unpaired) electrons. The minimum Gasteiger partial charge on any atom is -0.493 e. The molecule has 5 heteroatoms. The molecule has 2 aromatic carbocycles. The van der Waals surface area contributed by atoms with E-state index >= 15 is 0 Å². The predicted octanol–water partition coefficient (Wildman–Crippen LogP) is 1.14. The minimum atomic E-state index is 0.491. The Morgan fingerprint density at radius 3 is 2.50 bits per heavy atom. The first-order valence-electron chi connectivity index (χ1n) is 8.24. The van der Waals surface area contributed by atoms with Gasteiger partial charge in [0.1, 0.15) is 26.2 Å². The van der Waals surface area contributed by atoms with Crippen LogP contribution in [0.2, 0.25) is 5.02 Å². The van der Waals surface area contributed by atoms with Gasteiger partial charge < -0.3 is 19.7 Å². The number of quaternary nitrogens is 2. The lowest BCUT2D eigenvalue weighted by Gasteiger charge is -2.14. The summed E-state index contributed by atoms with van der Waals surface area (Å²) in [5, 5.41) is 2.98. The molecule has 0 aliphatic heterocycles. The van der Waals surface area contributed by atoms with Crippen LogP contribution in [0.25, 0.3) is 0 Å². The smallest absolute Gasteiger partial charge is 0.163 e. The molecule has 0 amide bonds. The monoisotopic (exact) mass is 350 g/mol.